The molecule has 0 amide bonds. The molecule has 5 nitrogen and oxygen atoms in total. The third kappa shape index (κ3) is 2.30. The van der Waals surface area contributed by atoms with Crippen molar-refractivity contribution in [3.05, 3.63) is 42.5 Å². The van der Waals surface area contributed by atoms with E-state index in [0.717, 1.165) is 27.8 Å². The van der Waals surface area contributed by atoms with Crippen LogP contribution in [0, 0.1) is 0 Å². The van der Waals surface area contributed by atoms with E-state index in [1.54, 1.807) is 10.9 Å². The Morgan fingerprint density at radius 3 is 2.75 bits per heavy atom. The van der Waals surface area contributed by atoms with E-state index < -0.39 is 0 Å². The topological polar surface area (TPSA) is 69.6 Å². The minimum absolute atomic E-state index is 0.319. The molecule has 0 spiro atoms. The fraction of sp³-hybridized carbons (Fsp3) is 0.214. The van der Waals surface area contributed by atoms with Gasteiger partial charge in [-0.1, -0.05) is 32.0 Å². The number of nitrogens with two attached hydrogens (primary N) is 1. The molecule has 2 heterocycles. The predicted molar refractivity (Wildman–Crippen MR) is 81.0 cm³/mol. The molecular weight excluding hydrogens is 270 g/mol. The van der Waals surface area contributed by atoms with Crippen LogP contribution in [0.3, 0.4) is 0 Å². The van der Waals surface area contributed by atoms with Gasteiger partial charge in [0.05, 0.1) is 6.20 Å². The van der Waals surface area contributed by atoms with Crippen LogP contribution in [0.1, 0.15) is 25.6 Å². The number of hydrogen-bond acceptors (Lipinski definition) is 5. The normalized spacial score (nSPS) is 11.2. The lowest BCUT2D eigenvalue weighted by Gasteiger charge is -2.00. The molecule has 0 aliphatic carbocycles. The quantitative estimate of drug-likeness (QED) is 0.751. The molecule has 0 atom stereocenters. The van der Waals surface area contributed by atoms with Crippen LogP contribution in [0.4, 0.5) is 5.69 Å². The summed E-state index contributed by atoms with van der Waals surface area (Å²) in [5, 5.41) is 5.12. The Morgan fingerprint density at radius 2 is 2.05 bits per heavy atom. The van der Waals surface area contributed by atoms with E-state index >= 15 is 0 Å². The van der Waals surface area contributed by atoms with Gasteiger partial charge in [0, 0.05) is 40.5 Å². The van der Waals surface area contributed by atoms with Gasteiger partial charge in [0.15, 0.2) is 0 Å². The Hall–Kier alpha value is -2.21. The summed E-state index contributed by atoms with van der Waals surface area (Å²) >= 11 is 1.35. The van der Waals surface area contributed by atoms with Crippen molar-refractivity contribution in [3.63, 3.8) is 0 Å². The van der Waals surface area contributed by atoms with Crippen LogP contribution in [0.25, 0.3) is 16.3 Å². The van der Waals surface area contributed by atoms with E-state index in [9.17, 15) is 0 Å². The molecule has 0 radical (unpaired) electrons. The molecule has 1 aromatic carbocycles. The molecule has 0 saturated carbocycles. The van der Waals surface area contributed by atoms with Gasteiger partial charge in [0.1, 0.15) is 5.82 Å². The molecule has 0 fully saturated rings. The second kappa shape index (κ2) is 5.05. The van der Waals surface area contributed by atoms with Crippen LogP contribution in [0.2, 0.25) is 0 Å². The Morgan fingerprint density at radius 1 is 1.25 bits per heavy atom. The highest BCUT2D eigenvalue weighted by molar-refractivity contribution is 7.08. The summed E-state index contributed by atoms with van der Waals surface area (Å²) in [5.41, 5.74) is 8.68. The number of hydrogen-bond donors (Lipinski definition) is 1. The molecule has 0 aliphatic rings. The summed E-state index contributed by atoms with van der Waals surface area (Å²) in [5.74, 6) is 1.17. The van der Waals surface area contributed by atoms with E-state index in [-0.39, 0.29) is 0 Å². The number of rotatable bonds is 3. The molecule has 102 valence electrons. The first-order valence-corrected chi connectivity index (χ1v) is 7.16. The summed E-state index contributed by atoms with van der Waals surface area (Å²) in [6.07, 6.45) is 3.72. The van der Waals surface area contributed by atoms with Crippen molar-refractivity contribution in [2.75, 3.05) is 5.73 Å². The molecule has 3 aromatic rings. The lowest BCUT2D eigenvalue weighted by atomic mass is 10.1. The first-order valence-electron chi connectivity index (χ1n) is 6.38. The summed E-state index contributed by atoms with van der Waals surface area (Å²) in [6.45, 7) is 4.15. The lowest BCUT2D eigenvalue weighted by molar-refractivity contribution is 0.781. The van der Waals surface area contributed by atoms with Gasteiger partial charge in [-0.25, -0.2) is 9.67 Å². The number of benzene rings is 1. The Kier molecular flexibility index (Phi) is 3.23. The SMILES string of the molecule is CC(C)c1nsc(-n2cc(-c3ccccc3N)cn2)n1. The highest BCUT2D eigenvalue weighted by Crippen LogP contribution is 2.26. The van der Waals surface area contributed by atoms with Crippen LogP contribution in [0.5, 0.6) is 0 Å². The van der Waals surface area contributed by atoms with Gasteiger partial charge >= 0.3 is 0 Å². The summed E-state index contributed by atoms with van der Waals surface area (Å²) in [7, 11) is 0. The van der Waals surface area contributed by atoms with E-state index in [2.05, 4.69) is 28.3 Å². The fourth-order valence-electron chi connectivity index (χ4n) is 1.88. The smallest absolute Gasteiger partial charge is 0.230 e. The first-order chi connectivity index (χ1) is 9.65. The number of nitrogen functional groups attached to an aromatic ring is 1. The largest absolute Gasteiger partial charge is 0.398 e. The van der Waals surface area contributed by atoms with Gasteiger partial charge in [-0.05, 0) is 6.07 Å². The molecule has 2 aromatic heterocycles. The van der Waals surface area contributed by atoms with Crippen molar-refractivity contribution in [1.29, 1.82) is 0 Å². The highest BCUT2D eigenvalue weighted by atomic mass is 32.1. The minimum atomic E-state index is 0.319. The molecule has 6 heteroatoms. The second-order valence-corrected chi connectivity index (χ2v) is 5.58. The molecule has 0 saturated heterocycles. The maximum Gasteiger partial charge on any atom is 0.230 e. The van der Waals surface area contributed by atoms with Crippen LogP contribution < -0.4 is 5.73 Å². The summed E-state index contributed by atoms with van der Waals surface area (Å²) in [6, 6.07) is 7.75. The maximum atomic E-state index is 5.98. The maximum absolute atomic E-state index is 5.98. The van der Waals surface area contributed by atoms with E-state index in [1.807, 2.05) is 30.5 Å². The van der Waals surface area contributed by atoms with Crippen molar-refractivity contribution in [3.8, 4) is 16.3 Å². The van der Waals surface area contributed by atoms with Gasteiger partial charge in [0.2, 0.25) is 5.13 Å². The molecule has 0 bridgehead atoms. The van der Waals surface area contributed by atoms with Crippen LogP contribution >= 0.6 is 11.5 Å². The van der Waals surface area contributed by atoms with Gasteiger partial charge in [-0.3, -0.25) is 0 Å². The summed E-state index contributed by atoms with van der Waals surface area (Å²) < 4.78 is 6.08. The van der Waals surface area contributed by atoms with Gasteiger partial charge in [-0.15, -0.1) is 0 Å². The number of anilines is 1. The average molecular weight is 285 g/mol. The predicted octanol–water partition coefficient (Wildman–Crippen LogP) is 3.10. The number of nitrogens with zero attached hydrogens (tertiary/aromatic N) is 4. The monoisotopic (exact) mass is 285 g/mol. The fourth-order valence-corrected chi connectivity index (χ4v) is 2.63. The third-order valence-corrected chi connectivity index (χ3v) is 3.72. The first kappa shape index (κ1) is 12.8. The second-order valence-electron chi connectivity index (χ2n) is 4.85. The zero-order valence-electron chi connectivity index (χ0n) is 11.3. The Bertz CT molecular complexity index is 729. The Balaban J connectivity index is 1.96. The van der Waals surface area contributed by atoms with Crippen molar-refractivity contribution >= 4 is 17.2 Å². The molecular formula is C14H15N5S. The molecule has 0 unspecified atom stereocenters. The highest BCUT2D eigenvalue weighted by Gasteiger charge is 2.11. The van der Waals surface area contributed by atoms with Gasteiger partial charge < -0.3 is 5.73 Å². The standard InChI is InChI=1S/C14H15N5S/c1-9(2)13-17-14(20-18-13)19-8-10(7-16-19)11-5-3-4-6-12(11)15/h3-9H,15H2,1-2H3. The van der Waals surface area contributed by atoms with Crippen molar-refractivity contribution in [2.45, 2.75) is 19.8 Å². The third-order valence-electron chi connectivity index (χ3n) is 3.00. The van der Waals surface area contributed by atoms with Gasteiger partial charge in [-0.2, -0.15) is 9.47 Å². The number of para-hydroxylation sites is 1. The molecule has 20 heavy (non-hydrogen) atoms. The zero-order chi connectivity index (χ0) is 14.1. The van der Waals surface area contributed by atoms with Crippen LogP contribution in [-0.2, 0) is 0 Å². The van der Waals surface area contributed by atoms with Gasteiger partial charge in [0.25, 0.3) is 0 Å². The van der Waals surface area contributed by atoms with Crippen LogP contribution in [0.15, 0.2) is 36.7 Å². The Labute approximate surface area is 121 Å². The molecule has 3 rings (SSSR count). The lowest BCUT2D eigenvalue weighted by Crippen LogP contribution is -1.95. The van der Waals surface area contributed by atoms with Crippen molar-refractivity contribution in [2.24, 2.45) is 0 Å². The number of aromatic nitrogens is 4. The summed E-state index contributed by atoms with van der Waals surface area (Å²) in [4.78, 5) is 4.49. The van der Waals surface area contributed by atoms with E-state index in [0.29, 0.717) is 5.92 Å². The zero-order valence-corrected chi connectivity index (χ0v) is 12.1. The van der Waals surface area contributed by atoms with E-state index in [4.69, 9.17) is 5.73 Å². The van der Waals surface area contributed by atoms with E-state index in [1.165, 1.54) is 11.5 Å². The molecule has 0 aliphatic heterocycles. The molecule has 2 N–H and O–H groups in total. The average Bonchev–Trinajstić information content (AvgIpc) is 3.08. The van der Waals surface area contributed by atoms with Crippen molar-refractivity contribution < 1.29 is 0 Å². The minimum Gasteiger partial charge on any atom is -0.398 e. The van der Waals surface area contributed by atoms with Crippen LogP contribution in [-0.4, -0.2) is 19.1 Å². The van der Waals surface area contributed by atoms with Crippen molar-refractivity contribution in [1.82, 2.24) is 19.1 Å².